The molecule has 3 heterocycles. The predicted molar refractivity (Wildman–Crippen MR) is 79.5 cm³/mol. The van der Waals surface area contributed by atoms with Crippen molar-refractivity contribution in [2.75, 3.05) is 11.9 Å². The highest BCUT2D eigenvalue weighted by atomic mass is 35.5. The lowest BCUT2D eigenvalue weighted by molar-refractivity contribution is -0.0593. The molecular weight excluding hydrogens is 329 g/mol. The van der Waals surface area contributed by atoms with Crippen molar-refractivity contribution in [2.24, 2.45) is 0 Å². The second kappa shape index (κ2) is 6.16. The molecule has 1 aliphatic rings. The van der Waals surface area contributed by atoms with Crippen LogP contribution in [0, 0.1) is 0 Å². The van der Waals surface area contributed by atoms with E-state index in [-0.39, 0.29) is 17.0 Å². The van der Waals surface area contributed by atoms with Gasteiger partial charge >= 0.3 is 0 Å². The summed E-state index contributed by atoms with van der Waals surface area (Å²) in [6.07, 6.45) is -4.22. The van der Waals surface area contributed by atoms with Gasteiger partial charge in [-0.05, 0) is 25.4 Å². The number of hydrogen-bond acceptors (Lipinski definition) is 6. The Labute approximate surface area is 136 Å². The minimum absolute atomic E-state index is 0.0308. The van der Waals surface area contributed by atoms with Crippen molar-refractivity contribution in [3.05, 3.63) is 11.6 Å². The second-order valence-corrected chi connectivity index (χ2v) is 5.97. The van der Waals surface area contributed by atoms with Crippen LogP contribution in [0.4, 0.5) is 10.2 Å². The van der Waals surface area contributed by atoms with E-state index >= 15 is 0 Å². The number of aromatic nitrogens is 4. The van der Waals surface area contributed by atoms with E-state index in [1.807, 2.05) is 13.8 Å². The van der Waals surface area contributed by atoms with Crippen LogP contribution in [0.25, 0.3) is 11.2 Å². The molecule has 3 rings (SSSR count). The van der Waals surface area contributed by atoms with Gasteiger partial charge in [-0.2, -0.15) is 9.97 Å². The van der Waals surface area contributed by atoms with Crippen molar-refractivity contribution in [1.29, 1.82) is 0 Å². The molecule has 8 nitrogen and oxygen atoms in total. The first-order valence-corrected chi connectivity index (χ1v) is 7.52. The highest BCUT2D eigenvalue weighted by Crippen LogP contribution is 2.34. The highest BCUT2D eigenvalue weighted by molar-refractivity contribution is 6.28. The van der Waals surface area contributed by atoms with E-state index < -0.39 is 31.2 Å². The van der Waals surface area contributed by atoms with Crippen LogP contribution < -0.4 is 5.32 Å². The Morgan fingerprint density at radius 1 is 1.52 bits per heavy atom. The summed E-state index contributed by atoms with van der Waals surface area (Å²) >= 11 is 5.93. The third-order valence-electron chi connectivity index (χ3n) is 3.55. The number of ether oxygens (including phenoxy) is 1. The Morgan fingerprint density at radius 3 is 2.87 bits per heavy atom. The molecule has 2 N–H and O–H groups in total. The molecule has 0 spiro atoms. The number of halogens is 2. The highest BCUT2D eigenvalue weighted by Gasteiger charge is 2.45. The van der Waals surface area contributed by atoms with Crippen LogP contribution in [-0.2, 0) is 9.84 Å². The maximum absolute atomic E-state index is 14.3. The third kappa shape index (κ3) is 2.85. The molecule has 0 aliphatic carbocycles. The minimum Gasteiger partial charge on any atom is -0.387 e. The number of rotatable bonds is 4. The SMILES string of the molecule is CC(C)Nc1nc(Cl)nc2c1ncn2[C@@H]1O[C@H](C[O])[C@@H](O)[C@@H]1F. The molecule has 0 saturated carbocycles. The van der Waals surface area contributed by atoms with Crippen molar-refractivity contribution < 1.29 is 19.3 Å². The Hall–Kier alpha value is -1.55. The maximum atomic E-state index is 14.3. The normalized spacial score (nSPS) is 28.0. The molecule has 1 aliphatic heterocycles. The molecule has 0 unspecified atom stereocenters. The molecule has 2 aromatic heterocycles. The Bertz CT molecular complexity index is 712. The van der Waals surface area contributed by atoms with Gasteiger partial charge in [-0.1, -0.05) is 0 Å². The maximum Gasteiger partial charge on any atom is 0.226 e. The zero-order valence-corrected chi connectivity index (χ0v) is 13.2. The first kappa shape index (κ1) is 16.3. The second-order valence-electron chi connectivity index (χ2n) is 5.63. The molecule has 125 valence electrons. The largest absolute Gasteiger partial charge is 0.387 e. The van der Waals surface area contributed by atoms with Gasteiger partial charge in [-0.25, -0.2) is 14.5 Å². The van der Waals surface area contributed by atoms with Gasteiger partial charge in [0, 0.05) is 6.04 Å². The predicted octanol–water partition coefficient (Wildman–Crippen LogP) is 1.33. The van der Waals surface area contributed by atoms with Crippen LogP contribution in [0.15, 0.2) is 6.33 Å². The average Bonchev–Trinajstić information content (AvgIpc) is 3.01. The van der Waals surface area contributed by atoms with E-state index in [1.165, 1.54) is 10.9 Å². The summed E-state index contributed by atoms with van der Waals surface area (Å²) in [4.78, 5) is 12.3. The summed E-state index contributed by atoms with van der Waals surface area (Å²) in [5, 5.41) is 23.7. The lowest BCUT2D eigenvalue weighted by Gasteiger charge is -2.15. The van der Waals surface area contributed by atoms with Gasteiger partial charge in [-0.15, -0.1) is 0 Å². The Kier molecular flexibility index (Phi) is 4.37. The number of aliphatic hydroxyl groups is 1. The van der Waals surface area contributed by atoms with Crippen LogP contribution in [0.3, 0.4) is 0 Å². The van der Waals surface area contributed by atoms with E-state index in [2.05, 4.69) is 20.3 Å². The Balaban J connectivity index is 2.04. The zero-order chi connectivity index (χ0) is 16.7. The van der Waals surface area contributed by atoms with Crippen LogP contribution in [0.1, 0.15) is 20.1 Å². The number of hydrogen-bond donors (Lipinski definition) is 2. The number of aliphatic hydroxyl groups excluding tert-OH is 1. The monoisotopic (exact) mass is 344 g/mol. The molecule has 0 aromatic carbocycles. The summed E-state index contributed by atoms with van der Waals surface area (Å²) in [6.45, 7) is 3.11. The van der Waals surface area contributed by atoms with Crippen molar-refractivity contribution in [1.82, 2.24) is 19.5 Å². The van der Waals surface area contributed by atoms with Crippen LogP contribution in [0.2, 0.25) is 5.28 Å². The van der Waals surface area contributed by atoms with Crippen molar-refractivity contribution in [3.63, 3.8) is 0 Å². The van der Waals surface area contributed by atoms with Crippen molar-refractivity contribution in [2.45, 2.75) is 44.5 Å². The van der Waals surface area contributed by atoms with Gasteiger partial charge in [0.05, 0.1) is 6.33 Å². The van der Waals surface area contributed by atoms with Gasteiger partial charge in [0.1, 0.15) is 18.8 Å². The third-order valence-corrected chi connectivity index (χ3v) is 3.72. The smallest absolute Gasteiger partial charge is 0.226 e. The molecule has 1 fully saturated rings. The molecule has 1 radical (unpaired) electrons. The lowest BCUT2D eigenvalue weighted by Crippen LogP contribution is -2.30. The van der Waals surface area contributed by atoms with Gasteiger partial charge in [0.2, 0.25) is 5.28 Å². The fraction of sp³-hybridized carbons (Fsp3) is 0.615. The summed E-state index contributed by atoms with van der Waals surface area (Å²) in [6, 6.07) is 0.0811. The van der Waals surface area contributed by atoms with Crippen LogP contribution in [-0.4, -0.2) is 55.7 Å². The quantitative estimate of drug-likeness (QED) is 0.811. The van der Waals surface area contributed by atoms with Crippen LogP contribution >= 0.6 is 11.6 Å². The first-order chi connectivity index (χ1) is 10.9. The number of alkyl halides is 1. The fourth-order valence-corrected chi connectivity index (χ4v) is 2.68. The number of anilines is 1. The van der Waals surface area contributed by atoms with Crippen molar-refractivity contribution >= 4 is 28.6 Å². The molecule has 1 saturated heterocycles. The summed E-state index contributed by atoms with van der Waals surface area (Å²) in [5.41, 5.74) is 0.665. The van der Waals surface area contributed by atoms with E-state index in [4.69, 9.17) is 16.3 Å². The number of nitrogens with zero attached hydrogens (tertiary/aromatic N) is 4. The average molecular weight is 345 g/mol. The van der Waals surface area contributed by atoms with Crippen LogP contribution in [0.5, 0.6) is 0 Å². The Morgan fingerprint density at radius 2 is 2.26 bits per heavy atom. The number of imidazole rings is 1. The lowest BCUT2D eigenvalue weighted by atomic mass is 10.1. The summed E-state index contributed by atoms with van der Waals surface area (Å²) in [5.74, 6) is 0.420. The molecule has 23 heavy (non-hydrogen) atoms. The molecule has 2 aromatic rings. The van der Waals surface area contributed by atoms with Gasteiger partial charge < -0.3 is 15.2 Å². The zero-order valence-electron chi connectivity index (χ0n) is 12.5. The summed E-state index contributed by atoms with van der Waals surface area (Å²) in [7, 11) is 0. The minimum atomic E-state index is -1.76. The molecule has 0 bridgehead atoms. The van der Waals surface area contributed by atoms with Gasteiger partial charge in [-0.3, -0.25) is 4.57 Å². The van der Waals surface area contributed by atoms with E-state index in [0.717, 1.165) is 0 Å². The topological polar surface area (TPSA) is 105 Å². The van der Waals surface area contributed by atoms with E-state index in [1.54, 1.807) is 0 Å². The molecular formula is C13H16ClFN5O3. The summed E-state index contributed by atoms with van der Waals surface area (Å²) < 4.78 is 20.9. The first-order valence-electron chi connectivity index (χ1n) is 7.14. The van der Waals surface area contributed by atoms with E-state index in [0.29, 0.717) is 11.3 Å². The number of nitrogens with one attached hydrogen (secondary N) is 1. The van der Waals surface area contributed by atoms with E-state index in [9.17, 15) is 14.6 Å². The van der Waals surface area contributed by atoms with Gasteiger partial charge in [0.25, 0.3) is 0 Å². The fourth-order valence-electron chi connectivity index (χ4n) is 2.52. The molecule has 0 amide bonds. The molecule has 10 heteroatoms. The number of fused-ring (bicyclic) bond motifs is 1. The molecule has 4 atom stereocenters. The standard InChI is InChI=1S/C13H16ClFN5O3/c1-5(2)17-10-8-11(19-13(14)18-10)20(4-16-8)12-7(15)9(22)6(3-21)23-12/h4-7,9,12,22H,3H2,1-2H3,(H,17,18,19)/t6-,7+,9-,12-/m1/s1. The van der Waals surface area contributed by atoms with Crippen molar-refractivity contribution in [3.8, 4) is 0 Å². The van der Waals surface area contributed by atoms with Gasteiger partial charge in [0.15, 0.2) is 29.4 Å².